The Morgan fingerprint density at radius 1 is 1.22 bits per heavy atom. The first-order valence-electron chi connectivity index (χ1n) is 8.46. The summed E-state index contributed by atoms with van der Waals surface area (Å²) in [6.07, 6.45) is 5.48. The smallest absolute Gasteiger partial charge is 0.158 e. The highest BCUT2D eigenvalue weighted by atomic mass is 16.7. The van der Waals surface area contributed by atoms with Crippen molar-refractivity contribution in [2.24, 2.45) is 0 Å². The Balaban J connectivity index is 2.23. The van der Waals surface area contributed by atoms with Crippen LogP contribution in [0.25, 0.3) is 0 Å². The number of hydrogen-bond acceptors (Lipinski definition) is 6. The van der Waals surface area contributed by atoms with Crippen LogP contribution in [-0.4, -0.2) is 70.4 Å². The summed E-state index contributed by atoms with van der Waals surface area (Å²) in [7, 11) is 1.57. The SMILES string of the molecule is C=CCCOCC(COCCC(O)COC)OC1CCCCO1. The number of hydrogen-bond donors (Lipinski definition) is 1. The molecule has 0 aromatic carbocycles. The molecule has 0 amide bonds. The van der Waals surface area contributed by atoms with Gasteiger partial charge in [-0.2, -0.15) is 0 Å². The van der Waals surface area contributed by atoms with Crippen molar-refractivity contribution in [3.63, 3.8) is 0 Å². The van der Waals surface area contributed by atoms with E-state index in [1.807, 2.05) is 6.08 Å². The molecule has 6 heteroatoms. The molecule has 1 rings (SSSR count). The van der Waals surface area contributed by atoms with E-state index in [0.717, 1.165) is 32.3 Å². The molecule has 1 heterocycles. The molecule has 0 bridgehead atoms. The first-order chi connectivity index (χ1) is 11.3. The van der Waals surface area contributed by atoms with Crippen molar-refractivity contribution in [1.29, 1.82) is 0 Å². The summed E-state index contributed by atoms with van der Waals surface area (Å²) in [5.41, 5.74) is 0. The maximum absolute atomic E-state index is 9.59. The van der Waals surface area contributed by atoms with E-state index in [1.165, 1.54) is 0 Å². The van der Waals surface area contributed by atoms with Gasteiger partial charge in [0.05, 0.1) is 32.5 Å². The summed E-state index contributed by atoms with van der Waals surface area (Å²) < 4.78 is 27.6. The summed E-state index contributed by atoms with van der Waals surface area (Å²) in [4.78, 5) is 0. The molecule has 0 aromatic rings. The standard InChI is InChI=1S/C17H32O6/c1-3-4-9-20-13-16(23-17-7-5-6-10-22-17)14-21-11-8-15(18)12-19-2/h3,15-18H,1,4-14H2,2H3. The number of rotatable bonds is 14. The summed E-state index contributed by atoms with van der Waals surface area (Å²) in [6, 6.07) is 0. The Hall–Kier alpha value is -0.500. The largest absolute Gasteiger partial charge is 0.391 e. The van der Waals surface area contributed by atoms with Crippen molar-refractivity contribution in [1.82, 2.24) is 0 Å². The van der Waals surface area contributed by atoms with Gasteiger partial charge in [0.2, 0.25) is 0 Å². The van der Waals surface area contributed by atoms with Gasteiger partial charge in [-0.1, -0.05) is 6.08 Å². The Labute approximate surface area is 139 Å². The lowest BCUT2D eigenvalue weighted by atomic mass is 10.2. The lowest BCUT2D eigenvalue weighted by Crippen LogP contribution is -2.34. The normalized spacial score (nSPS) is 21.0. The number of ether oxygens (including phenoxy) is 5. The third-order valence-electron chi connectivity index (χ3n) is 3.51. The average molecular weight is 332 g/mol. The molecule has 0 spiro atoms. The lowest BCUT2D eigenvalue weighted by Gasteiger charge is -2.27. The fraction of sp³-hybridized carbons (Fsp3) is 0.882. The van der Waals surface area contributed by atoms with Gasteiger partial charge in [-0.15, -0.1) is 6.58 Å². The van der Waals surface area contributed by atoms with Crippen LogP contribution in [0.15, 0.2) is 12.7 Å². The molecule has 3 unspecified atom stereocenters. The Morgan fingerprint density at radius 2 is 2.00 bits per heavy atom. The van der Waals surface area contributed by atoms with Gasteiger partial charge in [-0.05, 0) is 32.1 Å². The predicted octanol–water partition coefficient (Wildman–Crippen LogP) is 1.90. The molecule has 3 atom stereocenters. The van der Waals surface area contributed by atoms with E-state index < -0.39 is 6.10 Å². The van der Waals surface area contributed by atoms with Crippen LogP contribution in [0.5, 0.6) is 0 Å². The van der Waals surface area contributed by atoms with Crippen LogP contribution in [0.4, 0.5) is 0 Å². The van der Waals surface area contributed by atoms with E-state index in [4.69, 9.17) is 23.7 Å². The number of aliphatic hydroxyl groups excluding tert-OH is 1. The highest BCUT2D eigenvalue weighted by molar-refractivity contribution is 4.66. The minimum Gasteiger partial charge on any atom is -0.391 e. The Bertz CT molecular complexity index is 280. The minimum atomic E-state index is -0.495. The van der Waals surface area contributed by atoms with Crippen molar-refractivity contribution in [3.05, 3.63) is 12.7 Å². The minimum absolute atomic E-state index is 0.164. The maximum atomic E-state index is 9.59. The zero-order valence-corrected chi connectivity index (χ0v) is 14.3. The summed E-state index contributed by atoms with van der Waals surface area (Å²) >= 11 is 0. The predicted molar refractivity (Wildman–Crippen MR) is 87.4 cm³/mol. The molecule has 1 saturated heterocycles. The third kappa shape index (κ3) is 10.8. The molecule has 0 saturated carbocycles. The molecule has 1 aliphatic heterocycles. The van der Waals surface area contributed by atoms with Crippen LogP contribution in [-0.2, 0) is 23.7 Å². The second kappa shape index (κ2) is 13.9. The second-order valence-corrected chi connectivity index (χ2v) is 5.68. The van der Waals surface area contributed by atoms with Gasteiger partial charge in [0.1, 0.15) is 6.10 Å². The number of methoxy groups -OCH3 is 1. The Kier molecular flexibility index (Phi) is 12.4. The summed E-state index contributed by atoms with van der Waals surface area (Å²) in [5, 5.41) is 9.59. The molecule has 1 N–H and O–H groups in total. The highest BCUT2D eigenvalue weighted by Crippen LogP contribution is 2.16. The highest BCUT2D eigenvalue weighted by Gasteiger charge is 2.20. The summed E-state index contributed by atoms with van der Waals surface area (Å²) in [5.74, 6) is 0. The zero-order valence-electron chi connectivity index (χ0n) is 14.3. The van der Waals surface area contributed by atoms with Crippen molar-refractivity contribution >= 4 is 0 Å². The van der Waals surface area contributed by atoms with Gasteiger partial charge in [-0.25, -0.2) is 0 Å². The van der Waals surface area contributed by atoms with Gasteiger partial charge in [0, 0.05) is 20.3 Å². The molecule has 23 heavy (non-hydrogen) atoms. The van der Waals surface area contributed by atoms with Crippen LogP contribution >= 0.6 is 0 Å². The van der Waals surface area contributed by atoms with E-state index >= 15 is 0 Å². The molecule has 0 aromatic heterocycles. The maximum Gasteiger partial charge on any atom is 0.158 e. The van der Waals surface area contributed by atoms with Crippen molar-refractivity contribution in [3.8, 4) is 0 Å². The van der Waals surface area contributed by atoms with Crippen LogP contribution in [0, 0.1) is 0 Å². The average Bonchev–Trinajstić information content (AvgIpc) is 2.56. The zero-order chi connectivity index (χ0) is 16.8. The molecule has 1 fully saturated rings. The molecular formula is C17H32O6. The first-order valence-corrected chi connectivity index (χ1v) is 8.46. The van der Waals surface area contributed by atoms with E-state index in [1.54, 1.807) is 7.11 Å². The summed E-state index contributed by atoms with van der Waals surface area (Å²) in [6.45, 7) is 6.72. The molecule has 1 aliphatic rings. The van der Waals surface area contributed by atoms with E-state index in [-0.39, 0.29) is 12.4 Å². The quantitative estimate of drug-likeness (QED) is 0.387. The molecular weight excluding hydrogens is 300 g/mol. The fourth-order valence-electron chi connectivity index (χ4n) is 2.25. The van der Waals surface area contributed by atoms with Crippen LogP contribution < -0.4 is 0 Å². The topological polar surface area (TPSA) is 66.4 Å². The van der Waals surface area contributed by atoms with Crippen LogP contribution in [0.1, 0.15) is 32.1 Å². The van der Waals surface area contributed by atoms with Crippen molar-refractivity contribution < 1.29 is 28.8 Å². The van der Waals surface area contributed by atoms with Gasteiger partial charge < -0.3 is 28.8 Å². The fourth-order valence-corrected chi connectivity index (χ4v) is 2.25. The third-order valence-corrected chi connectivity index (χ3v) is 3.51. The van der Waals surface area contributed by atoms with Gasteiger partial charge in [0.25, 0.3) is 0 Å². The van der Waals surface area contributed by atoms with E-state index in [0.29, 0.717) is 39.5 Å². The van der Waals surface area contributed by atoms with Crippen molar-refractivity contribution in [2.75, 3.05) is 46.8 Å². The Morgan fingerprint density at radius 3 is 2.65 bits per heavy atom. The lowest BCUT2D eigenvalue weighted by molar-refractivity contribution is -0.208. The van der Waals surface area contributed by atoms with E-state index in [9.17, 15) is 5.11 Å². The molecule has 0 radical (unpaired) electrons. The van der Waals surface area contributed by atoms with Crippen LogP contribution in [0.2, 0.25) is 0 Å². The molecule has 6 nitrogen and oxygen atoms in total. The number of aliphatic hydroxyl groups is 1. The van der Waals surface area contributed by atoms with Gasteiger partial charge >= 0.3 is 0 Å². The molecule has 136 valence electrons. The van der Waals surface area contributed by atoms with Gasteiger partial charge in [0.15, 0.2) is 6.29 Å². The van der Waals surface area contributed by atoms with Gasteiger partial charge in [-0.3, -0.25) is 0 Å². The molecule has 0 aliphatic carbocycles. The van der Waals surface area contributed by atoms with Crippen LogP contribution in [0.3, 0.4) is 0 Å². The van der Waals surface area contributed by atoms with E-state index in [2.05, 4.69) is 6.58 Å². The monoisotopic (exact) mass is 332 g/mol. The second-order valence-electron chi connectivity index (χ2n) is 5.68. The first kappa shape index (κ1) is 20.5. The van der Waals surface area contributed by atoms with Crippen molar-refractivity contribution in [2.45, 2.75) is 50.6 Å².